The maximum Gasteiger partial charge on any atom is 0.134 e. The maximum atomic E-state index is 14.3. The van der Waals surface area contributed by atoms with E-state index in [2.05, 4.69) is 31.4 Å². The van der Waals surface area contributed by atoms with Crippen molar-refractivity contribution < 1.29 is 4.39 Å². The lowest BCUT2D eigenvalue weighted by atomic mass is 10.1. The Kier molecular flexibility index (Phi) is 3.29. The molecule has 2 aromatic carbocycles. The van der Waals surface area contributed by atoms with Gasteiger partial charge in [-0.15, -0.1) is 0 Å². The summed E-state index contributed by atoms with van der Waals surface area (Å²) in [4.78, 5) is 0. The third-order valence-electron chi connectivity index (χ3n) is 3.60. The second-order valence-electron chi connectivity index (χ2n) is 6.19. The second kappa shape index (κ2) is 4.88. The fourth-order valence-corrected chi connectivity index (χ4v) is 3.06. The van der Waals surface area contributed by atoms with Crippen molar-refractivity contribution in [3.05, 3.63) is 59.4 Å². The smallest absolute Gasteiger partial charge is 0.134 e. The first-order chi connectivity index (χ1) is 9.89. The molecule has 0 aliphatic heterocycles. The average Bonchev–Trinajstić information content (AvgIpc) is 2.77. The fourth-order valence-electron chi connectivity index (χ4n) is 2.80. The summed E-state index contributed by atoms with van der Waals surface area (Å²) in [5.74, 6) is -0.296. The number of aromatic nitrogens is 1. The standard InChI is InChI=1S/C18H17ClFN/c1-18(2,3)21-15-10-5-4-7-12(15)11-16(21)17-13(19)8-6-9-14(17)20/h4-11H,1-3H3. The first-order valence-electron chi connectivity index (χ1n) is 6.95. The molecule has 0 spiro atoms. The molecular formula is C18H17ClFN. The van der Waals surface area contributed by atoms with Crippen molar-refractivity contribution in [3.63, 3.8) is 0 Å². The van der Waals surface area contributed by atoms with Gasteiger partial charge in [0.2, 0.25) is 0 Å². The van der Waals surface area contributed by atoms with E-state index in [0.717, 1.165) is 16.6 Å². The van der Waals surface area contributed by atoms with E-state index < -0.39 is 0 Å². The van der Waals surface area contributed by atoms with Crippen LogP contribution < -0.4 is 0 Å². The Balaban J connectivity index is 2.43. The van der Waals surface area contributed by atoms with Crippen LogP contribution in [0, 0.1) is 5.82 Å². The maximum absolute atomic E-state index is 14.3. The summed E-state index contributed by atoms with van der Waals surface area (Å²) in [6.07, 6.45) is 0. The Labute approximate surface area is 129 Å². The lowest BCUT2D eigenvalue weighted by Crippen LogP contribution is -2.22. The van der Waals surface area contributed by atoms with Gasteiger partial charge in [-0.2, -0.15) is 0 Å². The van der Waals surface area contributed by atoms with E-state index in [1.54, 1.807) is 12.1 Å². The van der Waals surface area contributed by atoms with E-state index in [1.165, 1.54) is 6.07 Å². The van der Waals surface area contributed by atoms with Gasteiger partial charge < -0.3 is 4.57 Å². The summed E-state index contributed by atoms with van der Waals surface area (Å²) in [5, 5.41) is 1.52. The van der Waals surface area contributed by atoms with E-state index in [9.17, 15) is 4.39 Å². The van der Waals surface area contributed by atoms with Gasteiger partial charge in [-0.25, -0.2) is 4.39 Å². The van der Waals surface area contributed by atoms with Crippen LogP contribution in [0.3, 0.4) is 0 Å². The van der Waals surface area contributed by atoms with Gasteiger partial charge in [-0.05, 0) is 45.0 Å². The lowest BCUT2D eigenvalue weighted by molar-refractivity contribution is 0.414. The van der Waals surface area contributed by atoms with Crippen molar-refractivity contribution >= 4 is 22.5 Å². The highest BCUT2D eigenvalue weighted by Gasteiger charge is 2.23. The highest BCUT2D eigenvalue weighted by Crippen LogP contribution is 2.38. The van der Waals surface area contributed by atoms with E-state index in [4.69, 9.17) is 11.6 Å². The topological polar surface area (TPSA) is 4.93 Å². The van der Waals surface area contributed by atoms with Crippen LogP contribution in [0.4, 0.5) is 4.39 Å². The van der Waals surface area contributed by atoms with Crippen LogP contribution in [-0.2, 0) is 5.54 Å². The van der Waals surface area contributed by atoms with Crippen LogP contribution >= 0.6 is 11.6 Å². The molecule has 0 unspecified atom stereocenters. The molecule has 1 heterocycles. The molecule has 1 nitrogen and oxygen atoms in total. The normalized spacial score (nSPS) is 12.0. The highest BCUT2D eigenvalue weighted by atomic mass is 35.5. The van der Waals surface area contributed by atoms with Crippen LogP contribution in [0.15, 0.2) is 48.5 Å². The van der Waals surface area contributed by atoms with Crippen molar-refractivity contribution in [3.8, 4) is 11.3 Å². The van der Waals surface area contributed by atoms with E-state index in [0.29, 0.717) is 10.6 Å². The average molecular weight is 302 g/mol. The van der Waals surface area contributed by atoms with Crippen LogP contribution in [0.25, 0.3) is 22.2 Å². The molecule has 0 amide bonds. The summed E-state index contributed by atoms with van der Waals surface area (Å²) >= 11 is 6.26. The first kappa shape index (κ1) is 14.2. The molecule has 21 heavy (non-hydrogen) atoms. The summed E-state index contributed by atoms with van der Waals surface area (Å²) in [7, 11) is 0. The molecular weight excluding hydrogens is 285 g/mol. The number of para-hydroxylation sites is 1. The van der Waals surface area contributed by atoms with Gasteiger partial charge in [0, 0.05) is 16.4 Å². The van der Waals surface area contributed by atoms with E-state index in [1.807, 2.05) is 24.3 Å². The second-order valence-corrected chi connectivity index (χ2v) is 6.60. The first-order valence-corrected chi connectivity index (χ1v) is 7.33. The van der Waals surface area contributed by atoms with Crippen molar-refractivity contribution in [1.29, 1.82) is 0 Å². The van der Waals surface area contributed by atoms with Crippen molar-refractivity contribution in [2.75, 3.05) is 0 Å². The molecule has 0 saturated heterocycles. The minimum atomic E-state index is -0.296. The molecule has 3 heteroatoms. The number of nitrogens with zero attached hydrogens (tertiary/aromatic N) is 1. The summed E-state index contributed by atoms with van der Waals surface area (Å²) in [5.41, 5.74) is 2.18. The summed E-state index contributed by atoms with van der Waals surface area (Å²) in [6, 6.07) is 14.9. The molecule has 0 aliphatic rings. The number of rotatable bonds is 1. The van der Waals surface area contributed by atoms with Crippen molar-refractivity contribution in [2.45, 2.75) is 26.3 Å². The SMILES string of the molecule is CC(C)(C)n1c(-c2c(F)cccc2Cl)cc2ccccc21. The quantitative estimate of drug-likeness (QED) is 0.531. The largest absolute Gasteiger partial charge is 0.335 e. The van der Waals surface area contributed by atoms with Crippen LogP contribution in [0.5, 0.6) is 0 Å². The molecule has 1 aromatic heterocycles. The molecule has 0 fully saturated rings. The van der Waals surface area contributed by atoms with Crippen molar-refractivity contribution in [1.82, 2.24) is 4.57 Å². The zero-order valence-electron chi connectivity index (χ0n) is 12.3. The Morgan fingerprint density at radius 2 is 1.71 bits per heavy atom. The molecule has 0 radical (unpaired) electrons. The molecule has 0 bridgehead atoms. The Morgan fingerprint density at radius 3 is 2.38 bits per heavy atom. The van der Waals surface area contributed by atoms with Gasteiger partial charge >= 0.3 is 0 Å². The molecule has 0 saturated carbocycles. The Bertz CT molecular complexity index is 791. The predicted molar refractivity (Wildman–Crippen MR) is 87.3 cm³/mol. The minimum absolute atomic E-state index is 0.177. The van der Waals surface area contributed by atoms with E-state index in [-0.39, 0.29) is 11.4 Å². The van der Waals surface area contributed by atoms with Crippen LogP contribution in [-0.4, -0.2) is 4.57 Å². The minimum Gasteiger partial charge on any atom is -0.335 e. The number of hydrogen-bond acceptors (Lipinski definition) is 0. The van der Waals surface area contributed by atoms with Gasteiger partial charge in [0.15, 0.2) is 0 Å². The third kappa shape index (κ3) is 2.34. The molecule has 0 atom stereocenters. The molecule has 0 aliphatic carbocycles. The van der Waals surface area contributed by atoms with E-state index >= 15 is 0 Å². The summed E-state index contributed by atoms with van der Waals surface area (Å²) in [6.45, 7) is 6.33. The van der Waals surface area contributed by atoms with Gasteiger partial charge in [-0.1, -0.05) is 35.9 Å². The van der Waals surface area contributed by atoms with Crippen molar-refractivity contribution in [2.24, 2.45) is 0 Å². The number of benzene rings is 2. The zero-order valence-corrected chi connectivity index (χ0v) is 13.1. The number of hydrogen-bond donors (Lipinski definition) is 0. The van der Waals surface area contributed by atoms with Gasteiger partial charge in [-0.3, -0.25) is 0 Å². The molecule has 0 N–H and O–H groups in total. The number of halogens is 2. The fraction of sp³-hybridized carbons (Fsp3) is 0.222. The monoisotopic (exact) mass is 301 g/mol. The van der Waals surface area contributed by atoms with Gasteiger partial charge in [0.05, 0.1) is 16.3 Å². The van der Waals surface area contributed by atoms with Crippen LogP contribution in [0.2, 0.25) is 5.02 Å². The lowest BCUT2D eigenvalue weighted by Gasteiger charge is -2.26. The van der Waals surface area contributed by atoms with Crippen LogP contribution in [0.1, 0.15) is 20.8 Å². The summed E-state index contributed by atoms with van der Waals surface area (Å²) < 4.78 is 16.5. The third-order valence-corrected chi connectivity index (χ3v) is 3.92. The Hall–Kier alpha value is -1.80. The molecule has 3 rings (SSSR count). The van der Waals surface area contributed by atoms with Gasteiger partial charge in [0.25, 0.3) is 0 Å². The number of fused-ring (bicyclic) bond motifs is 1. The molecule has 108 valence electrons. The predicted octanol–water partition coefficient (Wildman–Crippen LogP) is 5.86. The zero-order chi connectivity index (χ0) is 15.2. The highest BCUT2D eigenvalue weighted by molar-refractivity contribution is 6.33. The molecule has 3 aromatic rings. The Morgan fingerprint density at radius 1 is 1.00 bits per heavy atom. The van der Waals surface area contributed by atoms with Gasteiger partial charge in [0.1, 0.15) is 5.82 Å².